The van der Waals surface area contributed by atoms with Crippen LogP contribution in [0.15, 0.2) is 12.1 Å². The fourth-order valence-electron chi connectivity index (χ4n) is 2.16. The number of rotatable bonds is 6. The highest BCUT2D eigenvalue weighted by Gasteiger charge is 2.33. The van der Waals surface area contributed by atoms with Gasteiger partial charge in [0.15, 0.2) is 0 Å². The van der Waals surface area contributed by atoms with Gasteiger partial charge in [-0.05, 0) is 31.9 Å². The molecule has 0 saturated heterocycles. The minimum atomic E-state index is -0.750. The van der Waals surface area contributed by atoms with E-state index in [4.69, 9.17) is 11.5 Å². The molecule has 1 rings (SSSR count). The number of anilines is 1. The molecule has 0 fully saturated rings. The van der Waals surface area contributed by atoms with Crippen molar-refractivity contribution in [1.82, 2.24) is 0 Å². The van der Waals surface area contributed by atoms with E-state index in [0.717, 1.165) is 6.07 Å². The molecule has 0 spiro atoms. The molecule has 0 aliphatic carbocycles. The molecule has 0 unspecified atom stereocenters. The second kappa shape index (κ2) is 6.67. The van der Waals surface area contributed by atoms with Crippen LogP contribution in [0.1, 0.15) is 42.6 Å². The molecule has 5 nitrogen and oxygen atoms in total. The Morgan fingerprint density at radius 3 is 2.29 bits per heavy atom. The van der Waals surface area contributed by atoms with Crippen LogP contribution in [-0.2, 0) is 4.79 Å². The van der Waals surface area contributed by atoms with Crippen molar-refractivity contribution in [2.24, 2.45) is 16.9 Å². The SMILES string of the molecule is CCC(CC)(CN)C(=O)Nc1cc(C(N)=O)cc(F)c1C. The number of amides is 2. The zero-order chi connectivity index (χ0) is 16.2. The molecule has 6 heteroatoms. The molecule has 21 heavy (non-hydrogen) atoms. The first-order valence-electron chi connectivity index (χ1n) is 6.92. The van der Waals surface area contributed by atoms with Crippen molar-refractivity contribution in [3.8, 4) is 0 Å². The molecule has 0 aromatic heterocycles. The fourth-order valence-corrected chi connectivity index (χ4v) is 2.16. The van der Waals surface area contributed by atoms with Gasteiger partial charge in [0.1, 0.15) is 5.82 Å². The standard InChI is InChI=1S/C15H22FN3O2/c1-4-15(5-2,8-17)14(21)19-12-7-10(13(18)20)6-11(16)9(12)3/h6-7H,4-5,8,17H2,1-3H3,(H2,18,20)(H,19,21). The summed E-state index contributed by atoms with van der Waals surface area (Å²) in [5.74, 6) is -1.62. The fraction of sp³-hybridized carbons (Fsp3) is 0.467. The Labute approximate surface area is 123 Å². The molecule has 0 bridgehead atoms. The molecule has 1 aromatic carbocycles. The highest BCUT2D eigenvalue weighted by Crippen LogP contribution is 2.28. The van der Waals surface area contributed by atoms with Crippen LogP contribution in [0.4, 0.5) is 10.1 Å². The van der Waals surface area contributed by atoms with E-state index in [0.29, 0.717) is 12.8 Å². The number of nitrogens with two attached hydrogens (primary N) is 2. The smallest absolute Gasteiger partial charge is 0.248 e. The van der Waals surface area contributed by atoms with Crippen LogP contribution >= 0.6 is 0 Å². The first-order chi connectivity index (χ1) is 9.81. The number of primary amides is 1. The molecule has 0 radical (unpaired) electrons. The third-order valence-corrected chi connectivity index (χ3v) is 4.10. The number of hydrogen-bond donors (Lipinski definition) is 3. The molecule has 1 aromatic rings. The molecule has 5 N–H and O–H groups in total. The van der Waals surface area contributed by atoms with Gasteiger partial charge in [0, 0.05) is 23.4 Å². The van der Waals surface area contributed by atoms with Gasteiger partial charge in [0.2, 0.25) is 11.8 Å². The predicted molar refractivity (Wildman–Crippen MR) is 80.4 cm³/mol. The summed E-state index contributed by atoms with van der Waals surface area (Å²) in [5, 5.41) is 2.67. The van der Waals surface area contributed by atoms with Gasteiger partial charge in [-0.3, -0.25) is 9.59 Å². The zero-order valence-corrected chi connectivity index (χ0v) is 12.6. The van der Waals surface area contributed by atoms with Gasteiger partial charge in [0.25, 0.3) is 0 Å². The van der Waals surface area contributed by atoms with E-state index in [-0.39, 0.29) is 29.3 Å². The Bertz CT molecular complexity index is 546. The van der Waals surface area contributed by atoms with E-state index in [2.05, 4.69) is 5.32 Å². The van der Waals surface area contributed by atoms with Crippen LogP contribution in [0.3, 0.4) is 0 Å². The average molecular weight is 295 g/mol. The first kappa shape index (κ1) is 17.1. The summed E-state index contributed by atoms with van der Waals surface area (Å²) in [6.07, 6.45) is 1.14. The van der Waals surface area contributed by atoms with Gasteiger partial charge in [-0.25, -0.2) is 4.39 Å². The van der Waals surface area contributed by atoms with E-state index in [9.17, 15) is 14.0 Å². The predicted octanol–water partition coefficient (Wildman–Crippen LogP) is 1.94. The lowest BCUT2D eigenvalue weighted by molar-refractivity contribution is -0.125. The van der Waals surface area contributed by atoms with E-state index < -0.39 is 17.1 Å². The van der Waals surface area contributed by atoms with Crippen LogP contribution in [0.25, 0.3) is 0 Å². The zero-order valence-electron chi connectivity index (χ0n) is 12.6. The van der Waals surface area contributed by atoms with Crippen molar-refractivity contribution in [3.63, 3.8) is 0 Å². The number of benzene rings is 1. The van der Waals surface area contributed by atoms with Gasteiger partial charge in [-0.2, -0.15) is 0 Å². The van der Waals surface area contributed by atoms with Gasteiger partial charge < -0.3 is 16.8 Å². The normalized spacial score (nSPS) is 11.3. The first-order valence-corrected chi connectivity index (χ1v) is 6.92. The lowest BCUT2D eigenvalue weighted by Gasteiger charge is -2.29. The van der Waals surface area contributed by atoms with Crippen LogP contribution in [0, 0.1) is 18.2 Å². The topological polar surface area (TPSA) is 98.2 Å². The second-order valence-electron chi connectivity index (χ2n) is 5.14. The van der Waals surface area contributed by atoms with Crippen molar-refractivity contribution in [3.05, 3.63) is 29.1 Å². The van der Waals surface area contributed by atoms with Crippen molar-refractivity contribution >= 4 is 17.5 Å². The maximum Gasteiger partial charge on any atom is 0.248 e. The van der Waals surface area contributed by atoms with Crippen molar-refractivity contribution in [2.45, 2.75) is 33.6 Å². The summed E-state index contributed by atoms with van der Waals surface area (Å²) in [6, 6.07) is 2.44. The van der Waals surface area contributed by atoms with Gasteiger partial charge in [0.05, 0.1) is 5.41 Å². The third kappa shape index (κ3) is 3.39. The lowest BCUT2D eigenvalue weighted by Crippen LogP contribution is -2.41. The minimum absolute atomic E-state index is 0.0137. The summed E-state index contributed by atoms with van der Waals surface area (Å²) >= 11 is 0. The molecule has 0 atom stereocenters. The number of hydrogen-bond acceptors (Lipinski definition) is 3. The van der Waals surface area contributed by atoms with Gasteiger partial charge in [-0.15, -0.1) is 0 Å². The molecule has 0 aliphatic rings. The van der Waals surface area contributed by atoms with Crippen LogP contribution < -0.4 is 16.8 Å². The summed E-state index contributed by atoms with van der Waals surface area (Å²) < 4.78 is 13.8. The maximum atomic E-state index is 13.8. The monoisotopic (exact) mass is 295 g/mol. The quantitative estimate of drug-likeness (QED) is 0.748. The van der Waals surface area contributed by atoms with E-state index in [1.165, 1.54) is 13.0 Å². The van der Waals surface area contributed by atoms with Crippen LogP contribution in [-0.4, -0.2) is 18.4 Å². The van der Waals surface area contributed by atoms with E-state index >= 15 is 0 Å². The number of nitrogens with one attached hydrogen (secondary N) is 1. The molecule has 2 amide bonds. The Hall–Kier alpha value is -1.95. The Morgan fingerprint density at radius 2 is 1.86 bits per heavy atom. The number of halogens is 1. The largest absolute Gasteiger partial charge is 0.366 e. The van der Waals surface area contributed by atoms with Crippen LogP contribution in [0.5, 0.6) is 0 Å². The maximum absolute atomic E-state index is 13.8. The van der Waals surface area contributed by atoms with E-state index in [1.54, 1.807) is 0 Å². The van der Waals surface area contributed by atoms with Crippen LogP contribution in [0.2, 0.25) is 0 Å². The second-order valence-corrected chi connectivity index (χ2v) is 5.14. The van der Waals surface area contributed by atoms with Crippen molar-refractivity contribution in [1.29, 1.82) is 0 Å². The Balaban J connectivity index is 3.18. The summed E-state index contributed by atoms with van der Waals surface area (Å²) in [4.78, 5) is 23.6. The molecule has 0 aliphatic heterocycles. The molecule has 0 saturated carbocycles. The Kier molecular flexibility index (Phi) is 5.43. The lowest BCUT2D eigenvalue weighted by atomic mass is 9.81. The van der Waals surface area contributed by atoms with Gasteiger partial charge in [-0.1, -0.05) is 13.8 Å². The van der Waals surface area contributed by atoms with Gasteiger partial charge >= 0.3 is 0 Å². The molecular weight excluding hydrogens is 273 g/mol. The number of carbonyl (C=O) groups excluding carboxylic acids is 2. The molecular formula is C15H22FN3O2. The highest BCUT2D eigenvalue weighted by molar-refractivity contribution is 5.99. The van der Waals surface area contributed by atoms with E-state index in [1.807, 2.05) is 13.8 Å². The summed E-state index contributed by atoms with van der Waals surface area (Å²) in [6.45, 7) is 5.48. The number of carbonyl (C=O) groups is 2. The highest BCUT2D eigenvalue weighted by atomic mass is 19.1. The third-order valence-electron chi connectivity index (χ3n) is 4.10. The average Bonchev–Trinajstić information content (AvgIpc) is 2.46. The molecule has 116 valence electrons. The summed E-state index contributed by atoms with van der Waals surface area (Å²) in [5.41, 5.74) is 10.7. The minimum Gasteiger partial charge on any atom is -0.366 e. The molecule has 0 heterocycles. The summed E-state index contributed by atoms with van der Waals surface area (Å²) in [7, 11) is 0. The Morgan fingerprint density at radius 1 is 1.29 bits per heavy atom. The van der Waals surface area contributed by atoms with Crippen molar-refractivity contribution in [2.75, 3.05) is 11.9 Å². The van der Waals surface area contributed by atoms with Crippen molar-refractivity contribution < 1.29 is 14.0 Å².